The van der Waals surface area contributed by atoms with Crippen LogP contribution >= 0.6 is 11.6 Å². The highest BCUT2D eigenvalue weighted by Gasteiger charge is 2.17. The Hall–Kier alpha value is -2.40. The third-order valence-electron chi connectivity index (χ3n) is 2.90. The van der Waals surface area contributed by atoms with Crippen molar-refractivity contribution in [3.8, 4) is 0 Å². The SMILES string of the molecule is O=C(NCc1ccncc1)c1nn2ccccc2c1Cl. The van der Waals surface area contributed by atoms with Crippen LogP contribution in [0.1, 0.15) is 16.1 Å². The minimum absolute atomic E-state index is 0.229. The minimum atomic E-state index is -0.296. The van der Waals surface area contributed by atoms with E-state index in [1.807, 2.05) is 30.3 Å². The van der Waals surface area contributed by atoms with Crippen molar-refractivity contribution in [3.05, 3.63) is 65.2 Å². The summed E-state index contributed by atoms with van der Waals surface area (Å²) in [7, 11) is 0. The first-order valence-corrected chi connectivity index (χ1v) is 6.43. The van der Waals surface area contributed by atoms with E-state index in [4.69, 9.17) is 11.6 Å². The molecular weight excluding hydrogens is 276 g/mol. The Bertz CT molecular complexity index is 754. The molecule has 3 rings (SSSR count). The molecule has 1 N–H and O–H groups in total. The lowest BCUT2D eigenvalue weighted by Crippen LogP contribution is -2.23. The van der Waals surface area contributed by atoms with E-state index >= 15 is 0 Å². The molecule has 0 aliphatic carbocycles. The van der Waals surface area contributed by atoms with Crippen molar-refractivity contribution >= 4 is 23.0 Å². The van der Waals surface area contributed by atoms with E-state index in [0.29, 0.717) is 17.1 Å². The quantitative estimate of drug-likeness (QED) is 0.804. The van der Waals surface area contributed by atoms with Gasteiger partial charge in [0.2, 0.25) is 0 Å². The van der Waals surface area contributed by atoms with Crippen LogP contribution in [-0.4, -0.2) is 20.5 Å². The summed E-state index contributed by atoms with van der Waals surface area (Å²) in [6.07, 6.45) is 5.11. The number of hydrogen-bond donors (Lipinski definition) is 1. The fourth-order valence-electron chi connectivity index (χ4n) is 1.88. The fourth-order valence-corrected chi connectivity index (χ4v) is 2.15. The monoisotopic (exact) mass is 286 g/mol. The van der Waals surface area contributed by atoms with Gasteiger partial charge in [-0.25, -0.2) is 4.52 Å². The molecule has 3 heterocycles. The average Bonchev–Trinajstić information content (AvgIpc) is 2.84. The third kappa shape index (κ3) is 2.35. The van der Waals surface area contributed by atoms with Crippen molar-refractivity contribution in [1.82, 2.24) is 19.9 Å². The zero-order chi connectivity index (χ0) is 13.9. The highest BCUT2D eigenvalue weighted by molar-refractivity contribution is 6.36. The van der Waals surface area contributed by atoms with Crippen molar-refractivity contribution in [2.45, 2.75) is 6.54 Å². The summed E-state index contributed by atoms with van der Waals surface area (Å²) in [6, 6.07) is 9.17. The Balaban J connectivity index is 1.81. The lowest BCUT2D eigenvalue weighted by atomic mass is 10.2. The van der Waals surface area contributed by atoms with Crippen LogP contribution in [0.3, 0.4) is 0 Å². The lowest BCUT2D eigenvalue weighted by molar-refractivity contribution is 0.0945. The molecule has 0 unspecified atom stereocenters. The van der Waals surface area contributed by atoms with Crippen molar-refractivity contribution in [2.75, 3.05) is 0 Å². The molecule has 3 aromatic heterocycles. The number of carbonyl (C=O) groups is 1. The zero-order valence-electron chi connectivity index (χ0n) is 10.5. The molecule has 0 bridgehead atoms. The Morgan fingerprint density at radius 3 is 2.80 bits per heavy atom. The summed E-state index contributed by atoms with van der Waals surface area (Å²) in [4.78, 5) is 16.0. The maximum absolute atomic E-state index is 12.1. The maximum Gasteiger partial charge on any atom is 0.273 e. The van der Waals surface area contributed by atoms with Gasteiger partial charge in [0, 0.05) is 25.1 Å². The third-order valence-corrected chi connectivity index (χ3v) is 3.27. The molecule has 0 aliphatic rings. The number of aromatic nitrogens is 3. The molecule has 0 spiro atoms. The van der Waals surface area contributed by atoms with Crippen LogP contribution < -0.4 is 5.32 Å². The molecule has 20 heavy (non-hydrogen) atoms. The molecule has 0 atom stereocenters. The smallest absolute Gasteiger partial charge is 0.273 e. The van der Waals surface area contributed by atoms with Gasteiger partial charge < -0.3 is 5.32 Å². The van der Waals surface area contributed by atoms with E-state index < -0.39 is 0 Å². The van der Waals surface area contributed by atoms with Crippen LogP contribution in [0.5, 0.6) is 0 Å². The van der Waals surface area contributed by atoms with E-state index in [0.717, 1.165) is 5.56 Å². The summed E-state index contributed by atoms with van der Waals surface area (Å²) in [5, 5.41) is 7.33. The van der Waals surface area contributed by atoms with Crippen LogP contribution in [-0.2, 0) is 6.54 Å². The second-order valence-electron chi connectivity index (χ2n) is 4.23. The van der Waals surface area contributed by atoms with Gasteiger partial charge in [0.25, 0.3) is 5.91 Å². The molecule has 0 fully saturated rings. The predicted molar refractivity (Wildman–Crippen MR) is 75.6 cm³/mol. The topological polar surface area (TPSA) is 59.3 Å². The molecule has 0 saturated heterocycles. The van der Waals surface area contributed by atoms with E-state index in [1.54, 1.807) is 23.1 Å². The van der Waals surface area contributed by atoms with E-state index in [9.17, 15) is 4.79 Å². The summed E-state index contributed by atoms with van der Waals surface area (Å²) < 4.78 is 1.59. The summed E-state index contributed by atoms with van der Waals surface area (Å²) in [6.45, 7) is 0.408. The van der Waals surface area contributed by atoms with Gasteiger partial charge in [-0.2, -0.15) is 5.10 Å². The number of pyridine rings is 2. The Morgan fingerprint density at radius 1 is 1.25 bits per heavy atom. The van der Waals surface area contributed by atoms with Gasteiger partial charge in [0.05, 0.1) is 10.5 Å². The molecule has 6 heteroatoms. The maximum atomic E-state index is 12.1. The van der Waals surface area contributed by atoms with Gasteiger partial charge in [0.1, 0.15) is 0 Å². The molecule has 0 aliphatic heterocycles. The molecule has 0 saturated carbocycles. The normalized spacial score (nSPS) is 10.7. The van der Waals surface area contributed by atoms with Crippen LogP contribution in [0.25, 0.3) is 5.52 Å². The molecule has 0 aromatic carbocycles. The Kier molecular flexibility index (Phi) is 3.35. The highest BCUT2D eigenvalue weighted by atomic mass is 35.5. The number of nitrogens with one attached hydrogen (secondary N) is 1. The van der Waals surface area contributed by atoms with Crippen molar-refractivity contribution in [2.24, 2.45) is 0 Å². The molecule has 3 aromatic rings. The van der Waals surface area contributed by atoms with Crippen molar-refractivity contribution < 1.29 is 4.79 Å². The first kappa shape index (κ1) is 12.6. The molecule has 1 amide bonds. The molecule has 5 nitrogen and oxygen atoms in total. The number of amides is 1. The summed E-state index contributed by atoms with van der Waals surface area (Å²) >= 11 is 6.18. The van der Waals surface area contributed by atoms with Gasteiger partial charge >= 0.3 is 0 Å². The van der Waals surface area contributed by atoms with Gasteiger partial charge in [-0.1, -0.05) is 17.7 Å². The Labute approximate surface area is 120 Å². The van der Waals surface area contributed by atoms with Crippen molar-refractivity contribution in [3.63, 3.8) is 0 Å². The largest absolute Gasteiger partial charge is 0.347 e. The number of rotatable bonds is 3. The number of nitrogens with zero attached hydrogens (tertiary/aromatic N) is 3. The second kappa shape index (κ2) is 5.30. The van der Waals surface area contributed by atoms with E-state index in [1.165, 1.54) is 0 Å². The zero-order valence-corrected chi connectivity index (χ0v) is 11.2. The number of hydrogen-bond acceptors (Lipinski definition) is 3. The second-order valence-corrected chi connectivity index (χ2v) is 4.61. The Morgan fingerprint density at radius 2 is 2.05 bits per heavy atom. The first-order valence-electron chi connectivity index (χ1n) is 6.05. The van der Waals surface area contributed by atoms with Crippen LogP contribution in [0.4, 0.5) is 0 Å². The summed E-state index contributed by atoms with van der Waals surface area (Å²) in [5.41, 5.74) is 1.91. The summed E-state index contributed by atoms with van der Waals surface area (Å²) in [5.74, 6) is -0.296. The molecule has 100 valence electrons. The van der Waals surface area contributed by atoms with Crippen LogP contribution in [0.2, 0.25) is 5.02 Å². The van der Waals surface area contributed by atoms with Crippen LogP contribution in [0.15, 0.2) is 48.9 Å². The van der Waals surface area contributed by atoms with Gasteiger partial charge in [-0.05, 0) is 29.8 Å². The van der Waals surface area contributed by atoms with Gasteiger partial charge in [-0.3, -0.25) is 9.78 Å². The fraction of sp³-hybridized carbons (Fsp3) is 0.0714. The standard InChI is InChI=1S/C14H11ClN4O/c15-12-11-3-1-2-8-19(11)18-13(12)14(20)17-9-10-4-6-16-7-5-10/h1-8H,9H2,(H,17,20). The van der Waals surface area contributed by atoms with Gasteiger partial charge in [0.15, 0.2) is 5.69 Å². The van der Waals surface area contributed by atoms with E-state index in [-0.39, 0.29) is 11.6 Å². The van der Waals surface area contributed by atoms with E-state index in [2.05, 4.69) is 15.4 Å². The number of halogens is 1. The first-order chi connectivity index (χ1) is 9.75. The average molecular weight is 287 g/mol. The van der Waals surface area contributed by atoms with Gasteiger partial charge in [-0.15, -0.1) is 0 Å². The molecule has 0 radical (unpaired) electrons. The molecular formula is C14H11ClN4O. The lowest BCUT2D eigenvalue weighted by Gasteiger charge is -2.02. The predicted octanol–water partition coefficient (Wildman–Crippen LogP) is 2.31. The highest BCUT2D eigenvalue weighted by Crippen LogP contribution is 2.21. The number of fused-ring (bicyclic) bond motifs is 1. The van der Waals surface area contributed by atoms with Crippen molar-refractivity contribution in [1.29, 1.82) is 0 Å². The minimum Gasteiger partial charge on any atom is -0.347 e. The van der Waals surface area contributed by atoms with Crippen LogP contribution in [0, 0.1) is 0 Å². The number of carbonyl (C=O) groups excluding carboxylic acids is 1.